The smallest absolute Gasteiger partial charge is 0.269 e. The molecule has 1 unspecified atom stereocenters. The van der Waals surface area contributed by atoms with Crippen LogP contribution in [0.1, 0.15) is 26.0 Å². The molecular formula is C9H14N2O. The molecule has 1 heterocycles. The second-order valence-electron chi connectivity index (χ2n) is 3.08. The zero-order valence-electron chi connectivity index (χ0n) is 7.50. The third kappa shape index (κ3) is 2.19. The van der Waals surface area contributed by atoms with Crippen molar-refractivity contribution >= 4 is 0 Å². The molecule has 66 valence electrons. The maximum absolute atomic E-state index is 11.2. The van der Waals surface area contributed by atoms with Crippen LogP contribution in [0.15, 0.2) is 17.2 Å². The molecule has 1 N–H and O–H groups in total. The van der Waals surface area contributed by atoms with Crippen LogP contribution in [0.2, 0.25) is 0 Å². The van der Waals surface area contributed by atoms with Gasteiger partial charge >= 0.3 is 0 Å². The Morgan fingerprint density at radius 3 is 3.00 bits per heavy atom. The Morgan fingerprint density at radius 2 is 2.42 bits per heavy atom. The SMILES string of the molecule is CCC(C)Cc1ncc[nH]c1=O. The number of nitrogens with zero attached hydrogens (tertiary/aromatic N) is 1. The van der Waals surface area contributed by atoms with Crippen molar-refractivity contribution < 1.29 is 0 Å². The molecule has 0 saturated heterocycles. The highest BCUT2D eigenvalue weighted by Gasteiger charge is 2.04. The van der Waals surface area contributed by atoms with E-state index in [2.05, 4.69) is 23.8 Å². The third-order valence-corrected chi connectivity index (χ3v) is 2.02. The summed E-state index contributed by atoms with van der Waals surface area (Å²) in [6, 6.07) is 0. The van der Waals surface area contributed by atoms with E-state index in [1.165, 1.54) is 0 Å². The minimum atomic E-state index is -0.0576. The summed E-state index contributed by atoms with van der Waals surface area (Å²) in [4.78, 5) is 17.8. The molecule has 0 aromatic carbocycles. The zero-order chi connectivity index (χ0) is 8.97. The maximum atomic E-state index is 11.2. The summed E-state index contributed by atoms with van der Waals surface area (Å²) in [7, 11) is 0. The Kier molecular flexibility index (Phi) is 3.02. The van der Waals surface area contributed by atoms with Crippen LogP contribution in [0.25, 0.3) is 0 Å². The average molecular weight is 166 g/mol. The Bertz CT molecular complexity index is 293. The lowest BCUT2D eigenvalue weighted by Gasteiger charge is -2.05. The Balaban J connectivity index is 2.76. The highest BCUT2D eigenvalue weighted by molar-refractivity contribution is 4.96. The molecule has 1 aromatic heterocycles. The lowest BCUT2D eigenvalue weighted by Crippen LogP contribution is -2.16. The quantitative estimate of drug-likeness (QED) is 0.736. The topological polar surface area (TPSA) is 45.8 Å². The summed E-state index contributed by atoms with van der Waals surface area (Å²) in [6.07, 6.45) is 5.03. The molecule has 1 atom stereocenters. The van der Waals surface area contributed by atoms with Gasteiger partial charge in [-0.05, 0) is 12.3 Å². The van der Waals surface area contributed by atoms with Crippen molar-refractivity contribution in [2.24, 2.45) is 5.92 Å². The number of rotatable bonds is 3. The van der Waals surface area contributed by atoms with Crippen LogP contribution in [0.5, 0.6) is 0 Å². The summed E-state index contributed by atoms with van der Waals surface area (Å²) in [5.41, 5.74) is 0.588. The molecule has 0 aliphatic carbocycles. The van der Waals surface area contributed by atoms with Crippen LogP contribution >= 0.6 is 0 Å². The monoisotopic (exact) mass is 166 g/mol. The van der Waals surface area contributed by atoms with Crippen LogP contribution in [0, 0.1) is 5.92 Å². The zero-order valence-corrected chi connectivity index (χ0v) is 7.50. The molecule has 1 rings (SSSR count). The molecule has 0 radical (unpaired) electrons. The van der Waals surface area contributed by atoms with Gasteiger partial charge in [0.1, 0.15) is 5.69 Å². The molecule has 0 aliphatic rings. The molecule has 0 fully saturated rings. The van der Waals surface area contributed by atoms with Gasteiger partial charge < -0.3 is 4.98 Å². The fourth-order valence-corrected chi connectivity index (χ4v) is 1.00. The summed E-state index contributed by atoms with van der Waals surface area (Å²) < 4.78 is 0. The number of hydrogen-bond donors (Lipinski definition) is 1. The molecule has 0 spiro atoms. The Morgan fingerprint density at radius 1 is 1.67 bits per heavy atom. The van der Waals surface area contributed by atoms with E-state index in [1.807, 2.05) is 0 Å². The molecular weight excluding hydrogens is 152 g/mol. The molecule has 12 heavy (non-hydrogen) atoms. The lowest BCUT2D eigenvalue weighted by molar-refractivity contribution is 0.549. The Hall–Kier alpha value is -1.12. The number of H-pyrrole nitrogens is 1. The van der Waals surface area contributed by atoms with Gasteiger partial charge in [0.05, 0.1) is 0 Å². The van der Waals surface area contributed by atoms with E-state index < -0.39 is 0 Å². The van der Waals surface area contributed by atoms with Crippen molar-refractivity contribution in [2.45, 2.75) is 26.7 Å². The molecule has 3 nitrogen and oxygen atoms in total. The molecule has 3 heteroatoms. The van der Waals surface area contributed by atoms with Crippen LogP contribution < -0.4 is 5.56 Å². The van der Waals surface area contributed by atoms with Gasteiger partial charge in [-0.15, -0.1) is 0 Å². The number of aromatic nitrogens is 2. The van der Waals surface area contributed by atoms with Gasteiger partial charge in [-0.1, -0.05) is 20.3 Å². The third-order valence-electron chi connectivity index (χ3n) is 2.02. The molecule has 1 aromatic rings. The first kappa shape index (κ1) is 8.97. The molecule has 0 saturated carbocycles. The minimum absolute atomic E-state index is 0.0576. The van der Waals surface area contributed by atoms with Crippen molar-refractivity contribution in [3.05, 3.63) is 28.4 Å². The van der Waals surface area contributed by atoms with Gasteiger partial charge in [0.15, 0.2) is 0 Å². The van der Waals surface area contributed by atoms with E-state index in [4.69, 9.17) is 0 Å². The van der Waals surface area contributed by atoms with Crippen molar-refractivity contribution in [3.8, 4) is 0 Å². The predicted octanol–water partition coefficient (Wildman–Crippen LogP) is 1.36. The maximum Gasteiger partial charge on any atom is 0.269 e. The van der Waals surface area contributed by atoms with Crippen molar-refractivity contribution in [3.63, 3.8) is 0 Å². The van der Waals surface area contributed by atoms with Gasteiger partial charge in [-0.25, -0.2) is 0 Å². The van der Waals surface area contributed by atoms with E-state index in [0.29, 0.717) is 11.6 Å². The summed E-state index contributed by atoms with van der Waals surface area (Å²) in [6.45, 7) is 4.23. The highest BCUT2D eigenvalue weighted by Crippen LogP contribution is 2.05. The van der Waals surface area contributed by atoms with Gasteiger partial charge in [0.2, 0.25) is 0 Å². The normalized spacial score (nSPS) is 12.8. The largest absolute Gasteiger partial charge is 0.326 e. The fourth-order valence-electron chi connectivity index (χ4n) is 1.00. The first-order valence-electron chi connectivity index (χ1n) is 4.26. The number of aromatic amines is 1. The fraction of sp³-hybridized carbons (Fsp3) is 0.556. The van der Waals surface area contributed by atoms with Gasteiger partial charge in [-0.3, -0.25) is 9.78 Å². The van der Waals surface area contributed by atoms with Crippen LogP contribution in [0.4, 0.5) is 0 Å². The van der Waals surface area contributed by atoms with Crippen molar-refractivity contribution in [1.82, 2.24) is 9.97 Å². The standard InChI is InChI=1S/C9H14N2O/c1-3-7(2)6-8-9(12)11-5-4-10-8/h4-5,7H,3,6H2,1-2H3,(H,11,12). The van der Waals surface area contributed by atoms with Crippen LogP contribution in [-0.2, 0) is 6.42 Å². The van der Waals surface area contributed by atoms with E-state index >= 15 is 0 Å². The highest BCUT2D eigenvalue weighted by atomic mass is 16.1. The minimum Gasteiger partial charge on any atom is -0.326 e. The Labute approximate surface area is 71.9 Å². The van der Waals surface area contributed by atoms with Gasteiger partial charge in [-0.2, -0.15) is 0 Å². The van der Waals surface area contributed by atoms with Crippen molar-refractivity contribution in [2.75, 3.05) is 0 Å². The van der Waals surface area contributed by atoms with Crippen LogP contribution in [0.3, 0.4) is 0 Å². The number of nitrogens with one attached hydrogen (secondary N) is 1. The summed E-state index contributed by atoms with van der Waals surface area (Å²) >= 11 is 0. The van der Waals surface area contributed by atoms with E-state index in [9.17, 15) is 4.79 Å². The van der Waals surface area contributed by atoms with E-state index in [-0.39, 0.29) is 5.56 Å². The molecule has 0 aliphatic heterocycles. The molecule has 0 amide bonds. The summed E-state index contributed by atoms with van der Waals surface area (Å²) in [5, 5.41) is 0. The number of hydrogen-bond acceptors (Lipinski definition) is 2. The average Bonchev–Trinajstić information content (AvgIpc) is 2.09. The van der Waals surface area contributed by atoms with Crippen LogP contribution in [-0.4, -0.2) is 9.97 Å². The van der Waals surface area contributed by atoms with Gasteiger partial charge in [0, 0.05) is 12.4 Å². The molecule has 0 bridgehead atoms. The second-order valence-corrected chi connectivity index (χ2v) is 3.08. The predicted molar refractivity (Wildman–Crippen MR) is 48.0 cm³/mol. The first-order valence-corrected chi connectivity index (χ1v) is 4.26. The second kappa shape index (κ2) is 4.04. The van der Waals surface area contributed by atoms with Crippen molar-refractivity contribution in [1.29, 1.82) is 0 Å². The van der Waals surface area contributed by atoms with E-state index in [0.717, 1.165) is 12.8 Å². The van der Waals surface area contributed by atoms with Gasteiger partial charge in [0.25, 0.3) is 5.56 Å². The lowest BCUT2D eigenvalue weighted by atomic mass is 10.0. The first-order chi connectivity index (χ1) is 5.74. The van der Waals surface area contributed by atoms with E-state index in [1.54, 1.807) is 12.4 Å². The summed E-state index contributed by atoms with van der Waals surface area (Å²) in [5.74, 6) is 0.529.